The number of ether oxygens (including phenoxy) is 2. The van der Waals surface area contributed by atoms with Crippen molar-refractivity contribution in [2.24, 2.45) is 0 Å². The Morgan fingerprint density at radius 2 is 1.47 bits per heavy atom. The first-order valence-corrected chi connectivity index (χ1v) is 9.71. The van der Waals surface area contributed by atoms with Crippen molar-refractivity contribution in [3.05, 3.63) is 101 Å². The largest absolute Gasteiger partial charge is 0.496 e. The smallest absolute Gasteiger partial charge is 0.339 e. The minimum absolute atomic E-state index is 0.243. The minimum atomic E-state index is -0.912. The zero-order chi connectivity index (χ0) is 21.5. The fourth-order valence-corrected chi connectivity index (χ4v) is 3.05. The number of hydrogen-bond donors (Lipinski definition) is 0. The van der Waals surface area contributed by atoms with Gasteiger partial charge in [0.15, 0.2) is 6.10 Å². The van der Waals surface area contributed by atoms with Gasteiger partial charge in [0, 0.05) is 11.1 Å². The van der Waals surface area contributed by atoms with Crippen molar-refractivity contribution in [2.75, 3.05) is 7.11 Å². The maximum absolute atomic E-state index is 13.1. The zero-order valence-corrected chi connectivity index (χ0v) is 17.3. The molecule has 3 aromatic carbocycles. The lowest BCUT2D eigenvalue weighted by atomic mass is 10.0. The first kappa shape index (κ1) is 21.1. The maximum atomic E-state index is 13.1. The number of carbonyl (C=O) groups is 2. The zero-order valence-electron chi connectivity index (χ0n) is 17.3. The number of carbonyl (C=O) groups excluding carboxylic acids is 2. The van der Waals surface area contributed by atoms with Gasteiger partial charge in [-0.2, -0.15) is 0 Å². The highest BCUT2D eigenvalue weighted by Gasteiger charge is 2.23. The molecule has 0 fully saturated rings. The summed E-state index contributed by atoms with van der Waals surface area (Å²) in [4.78, 5) is 25.8. The molecule has 152 valence electrons. The molecular formula is C26H24O4. The van der Waals surface area contributed by atoms with E-state index in [4.69, 9.17) is 9.47 Å². The van der Waals surface area contributed by atoms with Crippen LogP contribution < -0.4 is 4.74 Å². The topological polar surface area (TPSA) is 52.6 Å². The lowest BCUT2D eigenvalue weighted by Gasteiger charge is -2.15. The van der Waals surface area contributed by atoms with Crippen molar-refractivity contribution < 1.29 is 19.1 Å². The fraction of sp³-hybridized carbons (Fsp3) is 0.154. The van der Waals surface area contributed by atoms with E-state index in [1.807, 2.05) is 73.7 Å². The predicted octanol–water partition coefficient (Wildman–Crippen LogP) is 5.36. The number of benzene rings is 3. The van der Waals surface area contributed by atoms with Gasteiger partial charge in [0.25, 0.3) is 0 Å². The fourth-order valence-electron chi connectivity index (χ4n) is 3.05. The van der Waals surface area contributed by atoms with Crippen molar-refractivity contribution in [1.29, 1.82) is 0 Å². The molecular weight excluding hydrogens is 376 g/mol. The summed E-state index contributed by atoms with van der Waals surface area (Å²) in [5, 5.41) is 0. The molecule has 30 heavy (non-hydrogen) atoms. The summed E-state index contributed by atoms with van der Waals surface area (Å²) in [5.41, 5.74) is 3.36. The molecule has 0 radical (unpaired) electrons. The van der Waals surface area contributed by atoms with Gasteiger partial charge in [0.05, 0.1) is 12.7 Å². The van der Waals surface area contributed by atoms with E-state index in [0.29, 0.717) is 22.4 Å². The van der Waals surface area contributed by atoms with Gasteiger partial charge >= 0.3 is 5.97 Å². The summed E-state index contributed by atoms with van der Waals surface area (Å²) >= 11 is 0. The maximum Gasteiger partial charge on any atom is 0.339 e. The quantitative estimate of drug-likeness (QED) is 0.232. The Balaban J connectivity index is 1.90. The van der Waals surface area contributed by atoms with Crippen LogP contribution in [0.15, 0.2) is 78.9 Å². The van der Waals surface area contributed by atoms with Crippen LogP contribution in [0.25, 0.3) is 11.6 Å². The van der Waals surface area contributed by atoms with Gasteiger partial charge in [-0.25, -0.2) is 4.79 Å². The third-order valence-electron chi connectivity index (χ3n) is 4.73. The summed E-state index contributed by atoms with van der Waals surface area (Å²) in [6, 6.07) is 23.8. The standard InChI is InChI=1S/C26H24O4/c1-18-13-15-21(16-14-18)25(27)19(2)30-26(28)23(20-9-5-4-6-10-20)17-22-11-7-8-12-24(22)29-3/h4-17,19H,1-3H3/b23-17+/t19-/m1/s1. The lowest BCUT2D eigenvalue weighted by Crippen LogP contribution is -2.25. The monoisotopic (exact) mass is 400 g/mol. The Kier molecular flexibility index (Phi) is 6.81. The second kappa shape index (κ2) is 9.70. The van der Waals surface area contributed by atoms with Crippen LogP contribution in [0, 0.1) is 6.92 Å². The molecule has 3 aromatic rings. The van der Waals surface area contributed by atoms with Crippen molar-refractivity contribution in [1.82, 2.24) is 0 Å². The number of ketones is 1. The SMILES string of the molecule is COc1ccccc1/C=C(/C(=O)O[C@H](C)C(=O)c1ccc(C)cc1)c1ccccc1. The van der Waals surface area contributed by atoms with E-state index in [9.17, 15) is 9.59 Å². The summed E-state index contributed by atoms with van der Waals surface area (Å²) in [6.07, 6.45) is 0.810. The van der Waals surface area contributed by atoms with Gasteiger partial charge in [-0.05, 0) is 31.6 Å². The second-order valence-corrected chi connectivity index (χ2v) is 6.94. The van der Waals surface area contributed by atoms with Crippen LogP contribution in [-0.2, 0) is 9.53 Å². The Hall–Kier alpha value is -3.66. The molecule has 0 bridgehead atoms. The van der Waals surface area contributed by atoms with E-state index in [2.05, 4.69) is 0 Å². The number of methoxy groups -OCH3 is 1. The third kappa shape index (κ3) is 5.03. The number of Topliss-reactive ketones (excluding diaryl/α,β-unsaturated/α-hetero) is 1. The highest BCUT2D eigenvalue weighted by Crippen LogP contribution is 2.26. The van der Waals surface area contributed by atoms with Gasteiger partial charge in [0.2, 0.25) is 5.78 Å². The van der Waals surface area contributed by atoms with E-state index in [0.717, 1.165) is 11.1 Å². The lowest BCUT2D eigenvalue weighted by molar-refractivity contribution is -0.139. The van der Waals surface area contributed by atoms with Crippen molar-refractivity contribution in [3.63, 3.8) is 0 Å². The Labute approximate surface area is 176 Å². The summed E-state index contributed by atoms with van der Waals surface area (Å²) in [6.45, 7) is 3.54. The van der Waals surface area contributed by atoms with Crippen LogP contribution in [0.1, 0.15) is 34.0 Å². The third-order valence-corrected chi connectivity index (χ3v) is 4.73. The Morgan fingerprint density at radius 3 is 2.13 bits per heavy atom. The average molecular weight is 400 g/mol. The molecule has 0 aromatic heterocycles. The van der Waals surface area contributed by atoms with Crippen LogP contribution >= 0.6 is 0 Å². The Bertz CT molecular complexity index is 1050. The first-order valence-electron chi connectivity index (χ1n) is 9.71. The average Bonchev–Trinajstić information content (AvgIpc) is 2.78. The highest BCUT2D eigenvalue weighted by atomic mass is 16.5. The minimum Gasteiger partial charge on any atom is -0.496 e. The molecule has 4 heteroatoms. The van der Waals surface area contributed by atoms with Crippen molar-refractivity contribution >= 4 is 23.4 Å². The van der Waals surface area contributed by atoms with Gasteiger partial charge in [-0.3, -0.25) is 4.79 Å². The number of para-hydroxylation sites is 1. The van der Waals surface area contributed by atoms with Crippen LogP contribution in [0.5, 0.6) is 5.75 Å². The molecule has 0 aliphatic heterocycles. The molecule has 1 atom stereocenters. The molecule has 0 aliphatic carbocycles. The molecule has 4 nitrogen and oxygen atoms in total. The normalized spacial score (nSPS) is 12.2. The number of rotatable bonds is 7. The second-order valence-electron chi connectivity index (χ2n) is 6.94. The predicted molar refractivity (Wildman–Crippen MR) is 118 cm³/mol. The van der Waals surface area contributed by atoms with E-state index in [1.54, 1.807) is 32.2 Å². The van der Waals surface area contributed by atoms with E-state index < -0.39 is 12.1 Å². The van der Waals surface area contributed by atoms with Crippen LogP contribution in [0.2, 0.25) is 0 Å². The van der Waals surface area contributed by atoms with Gasteiger partial charge in [0.1, 0.15) is 5.75 Å². The van der Waals surface area contributed by atoms with Crippen LogP contribution in [0.4, 0.5) is 0 Å². The van der Waals surface area contributed by atoms with Gasteiger partial charge in [-0.1, -0.05) is 78.4 Å². The first-order chi connectivity index (χ1) is 14.5. The summed E-state index contributed by atoms with van der Waals surface area (Å²) in [7, 11) is 1.58. The highest BCUT2D eigenvalue weighted by molar-refractivity contribution is 6.22. The number of aryl methyl sites for hydroxylation is 1. The van der Waals surface area contributed by atoms with Gasteiger partial charge < -0.3 is 9.47 Å². The molecule has 0 spiro atoms. The number of esters is 1. The molecule has 0 heterocycles. The van der Waals surface area contributed by atoms with Gasteiger partial charge in [-0.15, -0.1) is 0 Å². The molecule has 0 aliphatic rings. The van der Waals surface area contributed by atoms with E-state index in [-0.39, 0.29) is 5.78 Å². The molecule has 0 amide bonds. The molecule has 0 saturated heterocycles. The molecule has 3 rings (SSSR count). The van der Waals surface area contributed by atoms with E-state index in [1.165, 1.54) is 0 Å². The molecule has 0 unspecified atom stereocenters. The van der Waals surface area contributed by atoms with E-state index >= 15 is 0 Å². The Morgan fingerprint density at radius 1 is 0.833 bits per heavy atom. The van der Waals surface area contributed by atoms with Crippen LogP contribution in [0.3, 0.4) is 0 Å². The molecule has 0 N–H and O–H groups in total. The molecule has 0 saturated carbocycles. The summed E-state index contributed by atoms with van der Waals surface area (Å²) < 4.78 is 11.0. The van der Waals surface area contributed by atoms with Crippen molar-refractivity contribution in [2.45, 2.75) is 20.0 Å². The van der Waals surface area contributed by atoms with Crippen LogP contribution in [-0.4, -0.2) is 25.0 Å². The van der Waals surface area contributed by atoms with Crippen molar-refractivity contribution in [3.8, 4) is 5.75 Å². The number of hydrogen-bond acceptors (Lipinski definition) is 4. The summed E-state index contributed by atoms with van der Waals surface area (Å²) in [5.74, 6) is -0.171.